The molecule has 2 aromatic rings. The number of hydrogen-bond acceptors (Lipinski definition) is 3. The molecule has 0 spiro atoms. The summed E-state index contributed by atoms with van der Waals surface area (Å²) >= 11 is 0. The summed E-state index contributed by atoms with van der Waals surface area (Å²) < 4.78 is 0. The number of carbonyl (C=O) groups is 3. The van der Waals surface area contributed by atoms with Crippen molar-refractivity contribution in [1.82, 2.24) is 15.1 Å². The van der Waals surface area contributed by atoms with Gasteiger partial charge in [0.15, 0.2) is 0 Å². The molecule has 0 saturated carbocycles. The molecule has 140 valence electrons. The Morgan fingerprint density at radius 1 is 1.04 bits per heavy atom. The van der Waals surface area contributed by atoms with E-state index in [0.29, 0.717) is 13.0 Å². The first kappa shape index (κ1) is 18.6. The standard InChI is InChI=1S/C21H23N3O3/c1-3-21(17-12-8-5-9-13-17)19(26)24(20(27)22-21)15-18(25)23(2)14-16-10-6-4-7-11-16/h4-13H,3,14-15H2,1-2H3,(H,22,27)/t21-/m1/s1. The van der Waals surface area contributed by atoms with Crippen LogP contribution in [0.2, 0.25) is 0 Å². The smallest absolute Gasteiger partial charge is 0.325 e. The second-order valence-corrected chi connectivity index (χ2v) is 6.68. The molecule has 0 aliphatic carbocycles. The van der Waals surface area contributed by atoms with E-state index >= 15 is 0 Å². The molecule has 0 aromatic heterocycles. The van der Waals surface area contributed by atoms with Gasteiger partial charge in [-0.25, -0.2) is 4.79 Å². The lowest BCUT2D eigenvalue weighted by Crippen LogP contribution is -2.45. The Morgan fingerprint density at radius 3 is 2.22 bits per heavy atom. The second-order valence-electron chi connectivity index (χ2n) is 6.68. The van der Waals surface area contributed by atoms with Crippen molar-refractivity contribution in [2.24, 2.45) is 0 Å². The number of urea groups is 1. The number of amides is 4. The van der Waals surface area contributed by atoms with Crippen LogP contribution < -0.4 is 5.32 Å². The van der Waals surface area contributed by atoms with Gasteiger partial charge in [0.2, 0.25) is 5.91 Å². The second kappa shape index (κ2) is 7.61. The first-order valence-electron chi connectivity index (χ1n) is 8.95. The minimum Gasteiger partial charge on any atom is -0.340 e. The van der Waals surface area contributed by atoms with Gasteiger partial charge in [0.1, 0.15) is 12.1 Å². The largest absolute Gasteiger partial charge is 0.340 e. The van der Waals surface area contributed by atoms with Crippen molar-refractivity contribution in [2.75, 3.05) is 13.6 Å². The average Bonchev–Trinajstić information content (AvgIpc) is 2.94. The van der Waals surface area contributed by atoms with Crippen LogP contribution in [0.15, 0.2) is 60.7 Å². The minimum absolute atomic E-state index is 0.275. The number of nitrogens with zero attached hydrogens (tertiary/aromatic N) is 2. The van der Waals surface area contributed by atoms with E-state index in [-0.39, 0.29) is 18.4 Å². The van der Waals surface area contributed by atoms with Gasteiger partial charge in [-0.15, -0.1) is 0 Å². The third kappa shape index (κ3) is 3.56. The Morgan fingerprint density at radius 2 is 1.63 bits per heavy atom. The summed E-state index contributed by atoms with van der Waals surface area (Å²) in [5.41, 5.74) is 0.590. The number of nitrogens with one attached hydrogen (secondary N) is 1. The van der Waals surface area contributed by atoms with E-state index < -0.39 is 11.6 Å². The molecule has 0 bridgehead atoms. The van der Waals surface area contributed by atoms with Crippen molar-refractivity contribution in [1.29, 1.82) is 0 Å². The SMILES string of the molecule is CC[C@]1(c2ccccc2)NC(=O)N(CC(=O)N(C)Cc2ccccc2)C1=O. The minimum atomic E-state index is -1.11. The molecule has 4 amide bonds. The first-order valence-corrected chi connectivity index (χ1v) is 8.95. The summed E-state index contributed by atoms with van der Waals surface area (Å²) in [6.07, 6.45) is 0.409. The van der Waals surface area contributed by atoms with Crippen LogP contribution in [0, 0.1) is 0 Å². The summed E-state index contributed by atoms with van der Waals surface area (Å²) in [6, 6.07) is 18.2. The van der Waals surface area contributed by atoms with Gasteiger partial charge in [-0.1, -0.05) is 67.6 Å². The number of likely N-dealkylation sites (N-methyl/N-ethyl adjacent to an activating group) is 1. The molecule has 1 fully saturated rings. The number of benzene rings is 2. The zero-order chi connectivity index (χ0) is 19.4. The number of rotatable bonds is 6. The molecule has 6 heteroatoms. The van der Waals surface area contributed by atoms with E-state index in [1.807, 2.05) is 67.6 Å². The first-order chi connectivity index (χ1) is 13.0. The monoisotopic (exact) mass is 365 g/mol. The molecule has 2 aromatic carbocycles. The Labute approximate surface area is 158 Å². The predicted octanol–water partition coefficient (Wildman–Crippen LogP) is 2.50. The van der Waals surface area contributed by atoms with Gasteiger partial charge in [-0.05, 0) is 17.5 Å². The van der Waals surface area contributed by atoms with Crippen LogP contribution in [0.5, 0.6) is 0 Å². The topological polar surface area (TPSA) is 69.7 Å². The molecular weight excluding hydrogens is 342 g/mol. The van der Waals surface area contributed by atoms with Crippen molar-refractivity contribution in [3.05, 3.63) is 71.8 Å². The summed E-state index contributed by atoms with van der Waals surface area (Å²) in [5.74, 6) is -0.676. The van der Waals surface area contributed by atoms with Gasteiger partial charge in [0.05, 0.1) is 0 Å². The lowest BCUT2D eigenvalue weighted by atomic mass is 9.87. The van der Waals surface area contributed by atoms with Crippen LogP contribution in [0.3, 0.4) is 0 Å². The Kier molecular flexibility index (Phi) is 5.26. The maximum absolute atomic E-state index is 13.1. The van der Waals surface area contributed by atoms with Gasteiger partial charge in [-0.2, -0.15) is 0 Å². The number of imide groups is 1. The van der Waals surface area contributed by atoms with E-state index in [0.717, 1.165) is 16.0 Å². The molecule has 1 aliphatic rings. The summed E-state index contributed by atoms with van der Waals surface area (Å²) in [5, 5.41) is 2.79. The fourth-order valence-electron chi connectivity index (χ4n) is 3.33. The zero-order valence-electron chi connectivity index (χ0n) is 15.5. The highest BCUT2D eigenvalue weighted by Crippen LogP contribution is 2.32. The third-order valence-corrected chi connectivity index (χ3v) is 4.95. The molecule has 6 nitrogen and oxygen atoms in total. The van der Waals surface area contributed by atoms with E-state index in [1.54, 1.807) is 7.05 Å². The van der Waals surface area contributed by atoms with Crippen LogP contribution in [0.25, 0.3) is 0 Å². The highest BCUT2D eigenvalue weighted by atomic mass is 16.2. The molecule has 0 unspecified atom stereocenters. The predicted molar refractivity (Wildman–Crippen MR) is 102 cm³/mol. The van der Waals surface area contributed by atoms with E-state index in [4.69, 9.17) is 0 Å². The Bertz CT molecular complexity index is 838. The van der Waals surface area contributed by atoms with Gasteiger partial charge in [0, 0.05) is 13.6 Å². The van der Waals surface area contributed by atoms with Crippen LogP contribution in [0.4, 0.5) is 4.79 Å². The van der Waals surface area contributed by atoms with Crippen LogP contribution in [-0.4, -0.2) is 41.2 Å². The highest BCUT2D eigenvalue weighted by Gasteiger charge is 2.51. The molecule has 1 saturated heterocycles. The van der Waals surface area contributed by atoms with Crippen molar-refractivity contribution in [2.45, 2.75) is 25.4 Å². The lowest BCUT2D eigenvalue weighted by Gasteiger charge is -2.26. The van der Waals surface area contributed by atoms with Crippen molar-refractivity contribution >= 4 is 17.8 Å². The maximum atomic E-state index is 13.1. The fraction of sp³-hybridized carbons (Fsp3) is 0.286. The van der Waals surface area contributed by atoms with E-state index in [2.05, 4.69) is 5.32 Å². The van der Waals surface area contributed by atoms with Crippen molar-refractivity contribution in [3.8, 4) is 0 Å². The molecule has 1 aliphatic heterocycles. The van der Waals surface area contributed by atoms with Crippen LogP contribution in [0.1, 0.15) is 24.5 Å². The molecule has 0 radical (unpaired) electrons. The molecule has 27 heavy (non-hydrogen) atoms. The number of carbonyl (C=O) groups excluding carboxylic acids is 3. The lowest BCUT2D eigenvalue weighted by molar-refractivity contribution is -0.138. The quantitative estimate of drug-likeness (QED) is 0.800. The van der Waals surface area contributed by atoms with E-state index in [9.17, 15) is 14.4 Å². The Hall–Kier alpha value is -3.15. The van der Waals surface area contributed by atoms with Crippen molar-refractivity contribution in [3.63, 3.8) is 0 Å². The van der Waals surface area contributed by atoms with Crippen molar-refractivity contribution < 1.29 is 14.4 Å². The molecule has 3 rings (SSSR count). The normalized spacial score (nSPS) is 19.1. The van der Waals surface area contributed by atoms with Crippen LogP contribution >= 0.6 is 0 Å². The zero-order valence-corrected chi connectivity index (χ0v) is 15.5. The van der Waals surface area contributed by atoms with Gasteiger partial charge >= 0.3 is 6.03 Å². The molecule has 1 heterocycles. The summed E-state index contributed by atoms with van der Waals surface area (Å²) in [7, 11) is 1.66. The van der Waals surface area contributed by atoms with E-state index in [1.165, 1.54) is 4.90 Å². The summed E-state index contributed by atoms with van der Waals surface area (Å²) in [6.45, 7) is 1.99. The van der Waals surface area contributed by atoms with Gasteiger partial charge in [0.25, 0.3) is 5.91 Å². The summed E-state index contributed by atoms with van der Waals surface area (Å²) in [4.78, 5) is 40.6. The fourth-order valence-corrected chi connectivity index (χ4v) is 3.33. The maximum Gasteiger partial charge on any atom is 0.325 e. The van der Waals surface area contributed by atoms with Crippen LogP contribution in [-0.2, 0) is 21.7 Å². The van der Waals surface area contributed by atoms with Gasteiger partial charge < -0.3 is 10.2 Å². The third-order valence-electron chi connectivity index (χ3n) is 4.95. The highest BCUT2D eigenvalue weighted by molar-refractivity contribution is 6.09. The molecule has 1 N–H and O–H groups in total. The average molecular weight is 365 g/mol. The van der Waals surface area contributed by atoms with Gasteiger partial charge in [-0.3, -0.25) is 14.5 Å². The Balaban J connectivity index is 1.74. The molecular formula is C21H23N3O3. The number of hydrogen-bond donors (Lipinski definition) is 1. The molecule has 1 atom stereocenters.